The third-order valence-corrected chi connectivity index (χ3v) is 7.45. The second kappa shape index (κ2) is 13.3. The molecule has 1 saturated carbocycles. The predicted molar refractivity (Wildman–Crippen MR) is 143 cm³/mol. The first-order chi connectivity index (χ1) is 18.8. The Morgan fingerprint density at radius 1 is 1.10 bits per heavy atom. The summed E-state index contributed by atoms with van der Waals surface area (Å²) in [4.78, 5) is 16.9. The van der Waals surface area contributed by atoms with Crippen LogP contribution in [-0.2, 0) is 33.6 Å². The van der Waals surface area contributed by atoms with Crippen LogP contribution in [0.3, 0.4) is 0 Å². The van der Waals surface area contributed by atoms with E-state index < -0.39 is 11.7 Å². The van der Waals surface area contributed by atoms with Gasteiger partial charge in [-0.1, -0.05) is 29.4 Å². The fourth-order valence-electron chi connectivity index (χ4n) is 5.44. The summed E-state index contributed by atoms with van der Waals surface area (Å²) in [7, 11) is 1.39. The molecule has 0 spiro atoms. The first-order valence-corrected chi connectivity index (χ1v) is 13.7. The first kappa shape index (κ1) is 28.9. The molecule has 2 aromatic rings. The lowest BCUT2D eigenvalue weighted by Gasteiger charge is -2.28. The molecule has 0 saturated heterocycles. The standard InChI is InChI=1S/C30H37F3N2O4/c1-20(23-10-5-12-25-24(23)11-6-13-27(25)34-17-7-14-29(36)37-2)35-38-19-21-15-16-28(26(18-21)30(31,32)33)39-22-8-3-4-9-22/h5,10,12,15-16,18,22,27,34H,3-4,6-9,11,13-14,17,19H2,1-2H3/b35-20+. The SMILES string of the molecule is COC(=O)CCCNC1CCCc2c(/C(C)=N/OCc3ccc(OC4CCCC4)c(C(F)(F)F)c3)cccc21. The highest BCUT2D eigenvalue weighted by Gasteiger charge is 2.35. The Labute approximate surface area is 227 Å². The van der Waals surface area contributed by atoms with Gasteiger partial charge in [-0.25, -0.2) is 0 Å². The summed E-state index contributed by atoms with van der Waals surface area (Å²) < 4.78 is 51.6. The molecule has 2 aliphatic carbocycles. The maximum absolute atomic E-state index is 13.7. The van der Waals surface area contributed by atoms with Crippen molar-refractivity contribution in [3.63, 3.8) is 0 Å². The third kappa shape index (κ3) is 7.75. The van der Waals surface area contributed by atoms with Crippen LogP contribution in [0.4, 0.5) is 13.2 Å². The fourth-order valence-corrected chi connectivity index (χ4v) is 5.44. The minimum absolute atomic E-state index is 0.0798. The molecule has 0 aromatic heterocycles. The van der Waals surface area contributed by atoms with Crippen LogP contribution in [0.2, 0.25) is 0 Å². The maximum Gasteiger partial charge on any atom is 0.419 e. The second-order valence-corrected chi connectivity index (χ2v) is 10.3. The number of nitrogens with one attached hydrogen (secondary N) is 1. The van der Waals surface area contributed by atoms with Gasteiger partial charge < -0.3 is 19.6 Å². The van der Waals surface area contributed by atoms with Crippen molar-refractivity contribution in [3.05, 3.63) is 64.2 Å². The number of alkyl halides is 3. The van der Waals surface area contributed by atoms with Crippen LogP contribution in [0.1, 0.15) is 92.1 Å². The molecule has 0 aliphatic heterocycles. The molecule has 39 heavy (non-hydrogen) atoms. The van der Waals surface area contributed by atoms with Crippen LogP contribution in [-0.4, -0.2) is 31.4 Å². The number of rotatable bonds is 11. The van der Waals surface area contributed by atoms with Crippen molar-refractivity contribution < 1.29 is 32.3 Å². The molecule has 0 heterocycles. The summed E-state index contributed by atoms with van der Waals surface area (Å²) in [5, 5.41) is 7.81. The Morgan fingerprint density at radius 2 is 1.90 bits per heavy atom. The largest absolute Gasteiger partial charge is 0.490 e. The maximum atomic E-state index is 13.7. The lowest BCUT2D eigenvalue weighted by Crippen LogP contribution is -2.27. The van der Waals surface area contributed by atoms with Crippen LogP contribution in [0.5, 0.6) is 5.75 Å². The van der Waals surface area contributed by atoms with E-state index in [1.807, 2.05) is 19.1 Å². The monoisotopic (exact) mass is 546 g/mol. The number of carbonyl (C=O) groups excluding carboxylic acids is 1. The summed E-state index contributed by atoms with van der Waals surface area (Å²) >= 11 is 0. The van der Waals surface area contributed by atoms with E-state index in [1.165, 1.54) is 24.3 Å². The molecule has 1 fully saturated rings. The number of halogens is 3. The fraction of sp³-hybridized carbons (Fsp3) is 0.533. The summed E-state index contributed by atoms with van der Waals surface area (Å²) in [5.74, 6) is -0.333. The summed E-state index contributed by atoms with van der Waals surface area (Å²) in [6.45, 7) is 2.48. The Hall–Kier alpha value is -3.07. The van der Waals surface area contributed by atoms with E-state index in [4.69, 9.17) is 14.3 Å². The summed E-state index contributed by atoms with van der Waals surface area (Å²) in [6, 6.07) is 10.4. The van der Waals surface area contributed by atoms with Gasteiger partial charge in [0.1, 0.15) is 12.4 Å². The van der Waals surface area contributed by atoms with Crippen molar-refractivity contribution in [2.75, 3.05) is 13.7 Å². The molecule has 6 nitrogen and oxygen atoms in total. The number of nitrogens with zero attached hydrogens (tertiary/aromatic N) is 1. The molecular formula is C30H37F3N2O4. The van der Waals surface area contributed by atoms with Gasteiger partial charge in [0.15, 0.2) is 0 Å². The van der Waals surface area contributed by atoms with Gasteiger partial charge >= 0.3 is 12.1 Å². The van der Waals surface area contributed by atoms with E-state index in [0.717, 1.165) is 56.6 Å². The number of benzene rings is 2. The van der Waals surface area contributed by atoms with Crippen molar-refractivity contribution >= 4 is 11.7 Å². The molecule has 1 N–H and O–H groups in total. The highest BCUT2D eigenvalue weighted by atomic mass is 19.4. The quantitative estimate of drug-likeness (QED) is 0.144. The van der Waals surface area contributed by atoms with Crippen molar-refractivity contribution in [1.82, 2.24) is 5.32 Å². The first-order valence-electron chi connectivity index (χ1n) is 13.7. The zero-order valence-electron chi connectivity index (χ0n) is 22.6. The number of carbonyl (C=O) groups is 1. The second-order valence-electron chi connectivity index (χ2n) is 10.3. The van der Waals surface area contributed by atoms with Crippen molar-refractivity contribution in [1.29, 1.82) is 0 Å². The van der Waals surface area contributed by atoms with Crippen LogP contribution < -0.4 is 10.1 Å². The van der Waals surface area contributed by atoms with E-state index >= 15 is 0 Å². The average molecular weight is 547 g/mol. The van der Waals surface area contributed by atoms with Crippen LogP contribution in [0.25, 0.3) is 0 Å². The number of hydrogen-bond acceptors (Lipinski definition) is 6. The van der Waals surface area contributed by atoms with E-state index in [1.54, 1.807) is 6.07 Å². The zero-order chi connectivity index (χ0) is 27.8. The number of methoxy groups -OCH3 is 1. The van der Waals surface area contributed by atoms with Gasteiger partial charge in [-0.05, 0) is 93.7 Å². The minimum Gasteiger partial charge on any atom is -0.490 e. The van der Waals surface area contributed by atoms with Crippen molar-refractivity contribution in [2.24, 2.45) is 5.16 Å². The molecule has 2 aromatic carbocycles. The normalized spacial score (nSPS) is 18.1. The smallest absolute Gasteiger partial charge is 0.419 e. The van der Waals surface area contributed by atoms with Crippen LogP contribution in [0, 0.1) is 0 Å². The molecule has 4 rings (SSSR count). The number of ether oxygens (including phenoxy) is 2. The third-order valence-electron chi connectivity index (χ3n) is 7.45. The molecular weight excluding hydrogens is 509 g/mol. The average Bonchev–Trinajstić information content (AvgIpc) is 3.44. The van der Waals surface area contributed by atoms with Crippen LogP contribution in [0.15, 0.2) is 41.6 Å². The van der Waals surface area contributed by atoms with E-state index in [-0.39, 0.29) is 30.5 Å². The Kier molecular flexibility index (Phi) is 9.88. The van der Waals surface area contributed by atoms with E-state index in [2.05, 4.69) is 16.5 Å². The highest BCUT2D eigenvalue weighted by Crippen LogP contribution is 2.39. The molecule has 0 amide bonds. The van der Waals surface area contributed by atoms with E-state index in [9.17, 15) is 18.0 Å². The Balaban J connectivity index is 1.41. The number of esters is 1. The van der Waals surface area contributed by atoms with Gasteiger partial charge in [0, 0.05) is 18.0 Å². The Bertz CT molecular complexity index is 1160. The zero-order valence-corrected chi connectivity index (χ0v) is 22.6. The molecule has 0 bridgehead atoms. The lowest BCUT2D eigenvalue weighted by molar-refractivity contribution is -0.141. The van der Waals surface area contributed by atoms with Crippen molar-refractivity contribution in [3.8, 4) is 5.75 Å². The van der Waals surface area contributed by atoms with Crippen molar-refractivity contribution in [2.45, 2.75) is 89.6 Å². The highest BCUT2D eigenvalue weighted by molar-refractivity contribution is 6.00. The summed E-state index contributed by atoms with van der Waals surface area (Å²) in [5.41, 5.74) is 3.66. The molecule has 212 valence electrons. The minimum atomic E-state index is -4.52. The summed E-state index contributed by atoms with van der Waals surface area (Å²) in [6.07, 6.45) is 2.87. The van der Waals surface area contributed by atoms with Gasteiger partial charge in [0.05, 0.1) is 24.5 Å². The molecule has 0 radical (unpaired) electrons. The van der Waals surface area contributed by atoms with Gasteiger partial charge in [0.2, 0.25) is 0 Å². The number of hydrogen-bond donors (Lipinski definition) is 1. The van der Waals surface area contributed by atoms with E-state index in [0.29, 0.717) is 30.7 Å². The van der Waals surface area contributed by atoms with Gasteiger partial charge in [-0.15, -0.1) is 0 Å². The predicted octanol–water partition coefficient (Wildman–Crippen LogP) is 6.89. The molecule has 1 unspecified atom stereocenters. The number of fused-ring (bicyclic) bond motifs is 1. The molecule has 2 aliphatic rings. The lowest BCUT2D eigenvalue weighted by atomic mass is 9.84. The molecule has 9 heteroatoms. The van der Waals surface area contributed by atoms with Gasteiger partial charge in [-0.2, -0.15) is 13.2 Å². The number of oxime groups is 1. The Morgan fingerprint density at radius 3 is 2.64 bits per heavy atom. The topological polar surface area (TPSA) is 69.2 Å². The van der Waals surface area contributed by atoms with Gasteiger partial charge in [0.25, 0.3) is 0 Å². The van der Waals surface area contributed by atoms with Gasteiger partial charge in [-0.3, -0.25) is 4.79 Å². The van der Waals surface area contributed by atoms with Crippen LogP contribution >= 0.6 is 0 Å². The molecule has 1 atom stereocenters.